The monoisotopic (exact) mass is 247 g/mol. The fourth-order valence-corrected chi connectivity index (χ4v) is 2.28. The minimum absolute atomic E-state index is 0.779. The quantitative estimate of drug-likeness (QED) is 0.642. The third-order valence-corrected chi connectivity index (χ3v) is 3.38. The number of rotatable bonds is 9. The molecule has 18 heavy (non-hydrogen) atoms. The Morgan fingerprint density at radius 2 is 1.78 bits per heavy atom. The maximum Gasteiger partial charge on any atom is -0.00173 e. The van der Waals surface area contributed by atoms with E-state index in [-0.39, 0.29) is 0 Å². The Bertz CT molecular complexity index is 292. The molecule has 0 aliphatic rings. The number of nitrogens with one attached hydrogen (secondary N) is 1. The Labute approximate surface area is 113 Å². The molecule has 0 aromatic heterocycles. The first kappa shape index (κ1) is 15.2. The predicted octanol–water partition coefficient (Wildman–Crippen LogP) is 4.28. The Balaban J connectivity index is 2.42. The second-order valence-electron chi connectivity index (χ2n) is 5.73. The summed E-state index contributed by atoms with van der Waals surface area (Å²) in [5.74, 6) is 1.59. The third kappa shape index (κ3) is 6.80. The Morgan fingerprint density at radius 3 is 2.39 bits per heavy atom. The van der Waals surface area contributed by atoms with Crippen LogP contribution in [0.4, 0.5) is 0 Å². The van der Waals surface area contributed by atoms with Crippen LogP contribution in [0.3, 0.4) is 0 Å². The number of benzene rings is 1. The van der Waals surface area contributed by atoms with Gasteiger partial charge in [0.15, 0.2) is 0 Å². The van der Waals surface area contributed by atoms with Crippen LogP contribution in [-0.4, -0.2) is 13.1 Å². The minimum atomic E-state index is 0.779. The maximum atomic E-state index is 3.58. The summed E-state index contributed by atoms with van der Waals surface area (Å²) in [6.07, 6.45) is 5.11. The molecule has 0 heterocycles. The molecule has 0 amide bonds. The molecule has 1 heteroatoms. The Kier molecular flexibility index (Phi) is 7.75. The van der Waals surface area contributed by atoms with Crippen LogP contribution in [0.1, 0.15) is 45.6 Å². The lowest BCUT2D eigenvalue weighted by atomic mass is 9.92. The highest BCUT2D eigenvalue weighted by Crippen LogP contribution is 2.16. The first-order valence-corrected chi connectivity index (χ1v) is 7.47. The average Bonchev–Trinajstić information content (AvgIpc) is 2.37. The van der Waals surface area contributed by atoms with Crippen LogP contribution in [0, 0.1) is 11.8 Å². The summed E-state index contributed by atoms with van der Waals surface area (Å²) in [4.78, 5) is 0. The van der Waals surface area contributed by atoms with Crippen molar-refractivity contribution in [2.24, 2.45) is 11.8 Å². The summed E-state index contributed by atoms with van der Waals surface area (Å²) in [5, 5.41) is 3.58. The summed E-state index contributed by atoms with van der Waals surface area (Å²) >= 11 is 0. The van der Waals surface area contributed by atoms with Crippen molar-refractivity contribution in [3.8, 4) is 0 Å². The lowest BCUT2D eigenvalue weighted by Gasteiger charge is -2.19. The van der Waals surface area contributed by atoms with E-state index >= 15 is 0 Å². The molecule has 1 aromatic rings. The van der Waals surface area contributed by atoms with Gasteiger partial charge in [0, 0.05) is 0 Å². The van der Waals surface area contributed by atoms with Crippen LogP contribution in [0.5, 0.6) is 0 Å². The molecule has 1 N–H and O–H groups in total. The van der Waals surface area contributed by atoms with Crippen LogP contribution in [-0.2, 0) is 6.42 Å². The molecule has 1 unspecified atom stereocenters. The van der Waals surface area contributed by atoms with E-state index in [2.05, 4.69) is 56.4 Å². The summed E-state index contributed by atoms with van der Waals surface area (Å²) in [5.41, 5.74) is 1.48. The lowest BCUT2D eigenvalue weighted by Crippen LogP contribution is -2.25. The smallest absolute Gasteiger partial charge is 0.00173 e. The summed E-state index contributed by atoms with van der Waals surface area (Å²) in [7, 11) is 0. The standard InChI is InChI=1S/C17H29N/c1-4-12-18-14-17(11-10-15(2)3)13-16-8-6-5-7-9-16/h5-9,15,17-18H,4,10-14H2,1-3H3. The fraction of sp³-hybridized carbons (Fsp3) is 0.647. The van der Waals surface area contributed by atoms with Gasteiger partial charge in [-0.3, -0.25) is 0 Å². The van der Waals surface area contributed by atoms with Gasteiger partial charge in [-0.05, 0) is 49.8 Å². The van der Waals surface area contributed by atoms with Crippen molar-refractivity contribution in [2.45, 2.75) is 46.5 Å². The molecule has 0 fully saturated rings. The van der Waals surface area contributed by atoms with Gasteiger partial charge in [-0.2, -0.15) is 0 Å². The van der Waals surface area contributed by atoms with Crippen molar-refractivity contribution in [3.63, 3.8) is 0 Å². The third-order valence-electron chi connectivity index (χ3n) is 3.38. The van der Waals surface area contributed by atoms with E-state index in [0.29, 0.717) is 0 Å². The van der Waals surface area contributed by atoms with E-state index in [0.717, 1.165) is 24.9 Å². The van der Waals surface area contributed by atoms with Crippen molar-refractivity contribution in [2.75, 3.05) is 13.1 Å². The summed E-state index contributed by atoms with van der Waals surface area (Å²) in [6.45, 7) is 9.17. The van der Waals surface area contributed by atoms with Crippen LogP contribution in [0.15, 0.2) is 30.3 Å². The molecule has 1 rings (SSSR count). The molecule has 0 radical (unpaired) electrons. The van der Waals surface area contributed by atoms with Gasteiger partial charge < -0.3 is 5.32 Å². The van der Waals surface area contributed by atoms with Crippen LogP contribution >= 0.6 is 0 Å². The van der Waals surface area contributed by atoms with E-state index in [1.54, 1.807) is 0 Å². The molecule has 1 aromatic carbocycles. The van der Waals surface area contributed by atoms with Crippen LogP contribution < -0.4 is 5.32 Å². The minimum Gasteiger partial charge on any atom is -0.316 e. The van der Waals surface area contributed by atoms with Crippen molar-refractivity contribution < 1.29 is 0 Å². The first-order chi connectivity index (χ1) is 8.72. The highest BCUT2D eigenvalue weighted by Gasteiger charge is 2.10. The normalized spacial score (nSPS) is 12.9. The Morgan fingerprint density at radius 1 is 1.06 bits per heavy atom. The van der Waals surface area contributed by atoms with Crippen molar-refractivity contribution >= 4 is 0 Å². The second kappa shape index (κ2) is 9.16. The second-order valence-corrected chi connectivity index (χ2v) is 5.73. The summed E-state index contributed by atoms with van der Waals surface area (Å²) in [6, 6.07) is 10.9. The molecular formula is C17H29N. The first-order valence-electron chi connectivity index (χ1n) is 7.47. The molecule has 0 aliphatic heterocycles. The van der Waals surface area contributed by atoms with Gasteiger partial charge in [0.05, 0.1) is 0 Å². The predicted molar refractivity (Wildman–Crippen MR) is 80.9 cm³/mol. The molecule has 1 nitrogen and oxygen atoms in total. The zero-order valence-corrected chi connectivity index (χ0v) is 12.3. The topological polar surface area (TPSA) is 12.0 Å². The fourth-order valence-electron chi connectivity index (χ4n) is 2.28. The molecule has 0 aliphatic carbocycles. The lowest BCUT2D eigenvalue weighted by molar-refractivity contribution is 0.399. The summed E-state index contributed by atoms with van der Waals surface area (Å²) < 4.78 is 0. The van der Waals surface area contributed by atoms with Gasteiger partial charge in [-0.1, -0.05) is 57.5 Å². The van der Waals surface area contributed by atoms with E-state index < -0.39 is 0 Å². The Hall–Kier alpha value is -0.820. The number of hydrogen-bond donors (Lipinski definition) is 1. The van der Waals surface area contributed by atoms with Crippen LogP contribution in [0.2, 0.25) is 0 Å². The molecule has 0 saturated heterocycles. The zero-order valence-electron chi connectivity index (χ0n) is 12.3. The van der Waals surface area contributed by atoms with Gasteiger partial charge >= 0.3 is 0 Å². The molecule has 0 saturated carbocycles. The van der Waals surface area contributed by atoms with Crippen molar-refractivity contribution in [1.29, 1.82) is 0 Å². The van der Waals surface area contributed by atoms with E-state index in [9.17, 15) is 0 Å². The molecular weight excluding hydrogens is 218 g/mol. The number of hydrogen-bond acceptors (Lipinski definition) is 1. The van der Waals surface area contributed by atoms with E-state index in [1.165, 1.54) is 31.2 Å². The van der Waals surface area contributed by atoms with Crippen molar-refractivity contribution in [1.82, 2.24) is 5.32 Å². The van der Waals surface area contributed by atoms with E-state index in [4.69, 9.17) is 0 Å². The van der Waals surface area contributed by atoms with Gasteiger partial charge in [-0.25, -0.2) is 0 Å². The highest BCUT2D eigenvalue weighted by atomic mass is 14.8. The van der Waals surface area contributed by atoms with Crippen molar-refractivity contribution in [3.05, 3.63) is 35.9 Å². The van der Waals surface area contributed by atoms with Gasteiger partial charge in [0.25, 0.3) is 0 Å². The molecule has 0 spiro atoms. The molecule has 0 bridgehead atoms. The SMILES string of the molecule is CCCNCC(CCC(C)C)Cc1ccccc1. The van der Waals surface area contributed by atoms with Gasteiger partial charge in [-0.15, -0.1) is 0 Å². The molecule has 102 valence electrons. The van der Waals surface area contributed by atoms with Gasteiger partial charge in [0.2, 0.25) is 0 Å². The van der Waals surface area contributed by atoms with Gasteiger partial charge in [0.1, 0.15) is 0 Å². The average molecular weight is 247 g/mol. The maximum absolute atomic E-state index is 3.58. The highest BCUT2D eigenvalue weighted by molar-refractivity contribution is 5.15. The van der Waals surface area contributed by atoms with Crippen LogP contribution in [0.25, 0.3) is 0 Å². The zero-order chi connectivity index (χ0) is 13.2. The largest absolute Gasteiger partial charge is 0.316 e. The molecule has 1 atom stereocenters. The van der Waals surface area contributed by atoms with E-state index in [1.807, 2.05) is 0 Å².